The van der Waals surface area contributed by atoms with Gasteiger partial charge in [-0.2, -0.15) is 18.3 Å². The minimum absolute atomic E-state index is 0.00549. The number of aryl methyl sites for hydroxylation is 1. The Bertz CT molecular complexity index is 917. The Morgan fingerprint density at radius 2 is 1.88 bits per heavy atom. The van der Waals surface area contributed by atoms with Crippen molar-refractivity contribution in [3.8, 4) is 22.8 Å². The number of para-hydroxylation sites is 1. The summed E-state index contributed by atoms with van der Waals surface area (Å²) in [5.41, 5.74) is -0.212. The summed E-state index contributed by atoms with van der Waals surface area (Å²) >= 11 is 0. The second-order valence-corrected chi connectivity index (χ2v) is 5.83. The molecule has 0 bridgehead atoms. The SMILES string of the molecule is CCCCn1nc(-c2ccc(O)cc2O)c2cccc(C(F)(F)F)c21. The van der Waals surface area contributed by atoms with Crippen molar-refractivity contribution in [2.45, 2.75) is 32.5 Å². The van der Waals surface area contributed by atoms with Crippen LogP contribution in [-0.4, -0.2) is 20.0 Å². The number of unbranched alkanes of at least 4 members (excludes halogenated alkanes) is 1. The molecule has 7 heteroatoms. The maximum atomic E-state index is 13.4. The smallest absolute Gasteiger partial charge is 0.418 e. The minimum atomic E-state index is -4.50. The van der Waals surface area contributed by atoms with Crippen LogP contribution in [0.15, 0.2) is 36.4 Å². The Hall–Kier alpha value is -2.70. The molecule has 0 aliphatic heterocycles. The highest BCUT2D eigenvalue weighted by Gasteiger charge is 2.35. The maximum Gasteiger partial charge on any atom is 0.418 e. The molecule has 3 rings (SSSR count). The van der Waals surface area contributed by atoms with Crippen LogP contribution in [0.1, 0.15) is 25.3 Å². The zero-order valence-electron chi connectivity index (χ0n) is 13.5. The fraction of sp³-hybridized carbons (Fsp3) is 0.278. The average molecular weight is 350 g/mol. The molecule has 0 atom stereocenters. The molecule has 0 aliphatic carbocycles. The van der Waals surface area contributed by atoms with E-state index < -0.39 is 11.7 Å². The van der Waals surface area contributed by atoms with Gasteiger partial charge in [-0.1, -0.05) is 25.5 Å². The summed E-state index contributed by atoms with van der Waals surface area (Å²) in [6.07, 6.45) is -3.00. The number of rotatable bonds is 4. The first-order chi connectivity index (χ1) is 11.8. The van der Waals surface area contributed by atoms with Gasteiger partial charge >= 0.3 is 6.18 Å². The number of phenols is 2. The fourth-order valence-corrected chi connectivity index (χ4v) is 2.85. The van der Waals surface area contributed by atoms with Gasteiger partial charge in [0, 0.05) is 23.6 Å². The zero-order valence-corrected chi connectivity index (χ0v) is 13.5. The minimum Gasteiger partial charge on any atom is -0.508 e. The van der Waals surface area contributed by atoms with Crippen molar-refractivity contribution in [3.05, 3.63) is 42.0 Å². The lowest BCUT2D eigenvalue weighted by molar-refractivity contribution is -0.136. The van der Waals surface area contributed by atoms with Crippen LogP contribution >= 0.6 is 0 Å². The molecule has 0 spiro atoms. The first-order valence-corrected chi connectivity index (χ1v) is 7.92. The maximum absolute atomic E-state index is 13.4. The second-order valence-electron chi connectivity index (χ2n) is 5.83. The largest absolute Gasteiger partial charge is 0.508 e. The Balaban J connectivity index is 2.30. The highest BCUT2D eigenvalue weighted by Crippen LogP contribution is 2.40. The number of hydrogen-bond acceptors (Lipinski definition) is 3. The van der Waals surface area contributed by atoms with Gasteiger partial charge in [0.2, 0.25) is 0 Å². The van der Waals surface area contributed by atoms with E-state index >= 15 is 0 Å². The van der Waals surface area contributed by atoms with Crippen molar-refractivity contribution in [1.29, 1.82) is 0 Å². The summed E-state index contributed by atoms with van der Waals surface area (Å²) in [6.45, 7) is 2.29. The molecule has 132 valence electrons. The third kappa shape index (κ3) is 3.14. The van der Waals surface area contributed by atoms with Crippen molar-refractivity contribution in [3.63, 3.8) is 0 Å². The van der Waals surface area contributed by atoms with Crippen LogP contribution in [0.4, 0.5) is 13.2 Å². The number of benzene rings is 2. The van der Waals surface area contributed by atoms with Crippen molar-refractivity contribution < 1.29 is 23.4 Å². The van der Waals surface area contributed by atoms with Gasteiger partial charge in [-0.15, -0.1) is 0 Å². The summed E-state index contributed by atoms with van der Waals surface area (Å²) in [6, 6.07) is 7.86. The Kier molecular flexibility index (Phi) is 4.32. The summed E-state index contributed by atoms with van der Waals surface area (Å²) in [7, 11) is 0. The van der Waals surface area contributed by atoms with E-state index in [1.54, 1.807) is 6.07 Å². The number of nitrogens with zero attached hydrogens (tertiary/aromatic N) is 2. The standard InChI is InChI=1S/C18H17F3N2O2/c1-2-3-9-23-17-13(5-4-6-14(17)18(19,20)21)16(22-23)12-8-7-11(24)10-15(12)25/h4-8,10,24-25H,2-3,9H2,1H3. The zero-order chi connectivity index (χ0) is 18.2. The molecule has 0 amide bonds. The lowest BCUT2D eigenvalue weighted by Gasteiger charge is -2.10. The molecule has 2 aromatic carbocycles. The van der Waals surface area contributed by atoms with Gasteiger partial charge in [0.25, 0.3) is 0 Å². The average Bonchev–Trinajstić information content (AvgIpc) is 2.90. The fourth-order valence-electron chi connectivity index (χ4n) is 2.85. The third-order valence-corrected chi connectivity index (χ3v) is 4.04. The normalized spacial score (nSPS) is 12.0. The van der Waals surface area contributed by atoms with E-state index in [-0.39, 0.29) is 28.3 Å². The molecule has 0 radical (unpaired) electrons. The number of alkyl halides is 3. The van der Waals surface area contributed by atoms with Crippen LogP contribution in [0, 0.1) is 0 Å². The molecule has 3 aromatic rings. The van der Waals surface area contributed by atoms with E-state index in [4.69, 9.17) is 0 Å². The van der Waals surface area contributed by atoms with Crippen LogP contribution in [-0.2, 0) is 12.7 Å². The molecule has 4 nitrogen and oxygen atoms in total. The van der Waals surface area contributed by atoms with E-state index in [2.05, 4.69) is 5.10 Å². The first kappa shape index (κ1) is 17.1. The highest BCUT2D eigenvalue weighted by molar-refractivity contribution is 5.96. The van der Waals surface area contributed by atoms with Gasteiger partial charge in [-0.05, 0) is 24.6 Å². The summed E-state index contributed by atoms with van der Waals surface area (Å²) in [5, 5.41) is 24.2. The predicted molar refractivity (Wildman–Crippen MR) is 88.4 cm³/mol. The van der Waals surface area contributed by atoms with E-state index in [1.807, 2.05) is 6.92 Å². The second kappa shape index (κ2) is 6.31. The lowest BCUT2D eigenvalue weighted by Crippen LogP contribution is -2.09. The number of fused-ring (bicyclic) bond motifs is 1. The van der Waals surface area contributed by atoms with Gasteiger partial charge in [0.15, 0.2) is 0 Å². The van der Waals surface area contributed by atoms with Crippen LogP contribution in [0.5, 0.6) is 11.5 Å². The van der Waals surface area contributed by atoms with Gasteiger partial charge in [-0.3, -0.25) is 4.68 Å². The van der Waals surface area contributed by atoms with Crippen LogP contribution in [0.25, 0.3) is 22.2 Å². The Labute approximate surface area is 142 Å². The Morgan fingerprint density at radius 3 is 2.52 bits per heavy atom. The molecule has 0 unspecified atom stereocenters. The molecular weight excluding hydrogens is 333 g/mol. The molecular formula is C18H17F3N2O2. The molecule has 2 N–H and O–H groups in total. The van der Waals surface area contributed by atoms with Crippen LogP contribution in [0.3, 0.4) is 0 Å². The summed E-state index contributed by atoms with van der Waals surface area (Å²) < 4.78 is 41.7. The van der Waals surface area contributed by atoms with Crippen molar-refractivity contribution in [1.82, 2.24) is 9.78 Å². The number of hydrogen-bond donors (Lipinski definition) is 2. The molecule has 0 saturated heterocycles. The number of aromatic hydroxyl groups is 2. The van der Waals surface area contributed by atoms with Gasteiger partial charge in [-0.25, -0.2) is 0 Å². The van der Waals surface area contributed by atoms with E-state index in [0.717, 1.165) is 18.6 Å². The quantitative estimate of drug-likeness (QED) is 0.701. The third-order valence-electron chi connectivity index (χ3n) is 4.04. The van der Waals surface area contributed by atoms with Crippen molar-refractivity contribution in [2.75, 3.05) is 0 Å². The van der Waals surface area contributed by atoms with Crippen LogP contribution in [0.2, 0.25) is 0 Å². The lowest BCUT2D eigenvalue weighted by atomic mass is 10.0. The monoisotopic (exact) mass is 350 g/mol. The molecule has 0 aliphatic rings. The predicted octanol–water partition coefficient (Wildman–Crippen LogP) is 4.93. The molecule has 1 aromatic heterocycles. The van der Waals surface area contributed by atoms with Gasteiger partial charge in [0.1, 0.15) is 17.2 Å². The number of aromatic nitrogens is 2. The van der Waals surface area contributed by atoms with E-state index in [1.165, 1.54) is 22.9 Å². The van der Waals surface area contributed by atoms with Gasteiger partial charge in [0.05, 0.1) is 11.1 Å². The number of halogens is 3. The molecule has 1 heterocycles. The molecule has 0 fully saturated rings. The molecule has 25 heavy (non-hydrogen) atoms. The summed E-state index contributed by atoms with van der Waals surface area (Å²) in [4.78, 5) is 0. The van der Waals surface area contributed by atoms with Crippen molar-refractivity contribution >= 4 is 10.9 Å². The highest BCUT2D eigenvalue weighted by atomic mass is 19.4. The van der Waals surface area contributed by atoms with E-state index in [0.29, 0.717) is 18.4 Å². The van der Waals surface area contributed by atoms with Crippen LogP contribution < -0.4 is 0 Å². The first-order valence-electron chi connectivity index (χ1n) is 7.92. The van der Waals surface area contributed by atoms with E-state index in [9.17, 15) is 23.4 Å². The summed E-state index contributed by atoms with van der Waals surface area (Å²) in [5.74, 6) is -0.369. The topological polar surface area (TPSA) is 58.3 Å². The van der Waals surface area contributed by atoms with Crippen molar-refractivity contribution in [2.24, 2.45) is 0 Å². The van der Waals surface area contributed by atoms with Gasteiger partial charge < -0.3 is 10.2 Å². The number of phenolic OH excluding ortho intramolecular Hbond substituents is 2. The Morgan fingerprint density at radius 1 is 1.12 bits per heavy atom. The molecule has 0 saturated carbocycles.